The van der Waals surface area contributed by atoms with Crippen LogP contribution in [-0.4, -0.2) is 63.9 Å². The number of hydrogen-bond donors (Lipinski definition) is 1. The van der Waals surface area contributed by atoms with Crippen molar-refractivity contribution in [2.45, 2.75) is 18.2 Å². The molecule has 0 spiro atoms. The molecule has 0 radical (unpaired) electrons. The molecule has 1 aliphatic rings. The van der Waals surface area contributed by atoms with E-state index in [-0.39, 0.29) is 17.2 Å². The Morgan fingerprint density at radius 1 is 1.07 bits per heavy atom. The number of rotatable bonds is 6. The molecule has 1 heterocycles. The van der Waals surface area contributed by atoms with Gasteiger partial charge in [0, 0.05) is 26.2 Å². The van der Waals surface area contributed by atoms with Crippen molar-refractivity contribution < 1.29 is 17.9 Å². The summed E-state index contributed by atoms with van der Waals surface area (Å²) >= 11 is 0. The number of nitrogens with one attached hydrogen (secondary N) is 1. The minimum atomic E-state index is -3.63. The number of piperazine rings is 1. The van der Waals surface area contributed by atoms with Crippen LogP contribution in [0.25, 0.3) is 0 Å². The van der Waals surface area contributed by atoms with Gasteiger partial charge in [-0.25, -0.2) is 8.42 Å². The number of ether oxygens (including phenoxy) is 1. The fourth-order valence-electron chi connectivity index (χ4n) is 3.21. The van der Waals surface area contributed by atoms with Crippen LogP contribution in [0.15, 0.2) is 47.4 Å². The summed E-state index contributed by atoms with van der Waals surface area (Å²) in [6, 6.07) is 12.3. The highest BCUT2D eigenvalue weighted by molar-refractivity contribution is 7.89. The fraction of sp³-hybridized carbons (Fsp3) is 0.381. The number of carbonyl (C=O) groups is 1. The molecule has 2 aromatic carbocycles. The molecule has 1 saturated heterocycles. The number of methoxy groups -OCH3 is 1. The van der Waals surface area contributed by atoms with Crippen molar-refractivity contribution >= 4 is 21.6 Å². The van der Waals surface area contributed by atoms with E-state index in [9.17, 15) is 13.2 Å². The third kappa shape index (κ3) is 5.14. The molecule has 0 saturated carbocycles. The molecule has 156 valence electrons. The average Bonchev–Trinajstić information content (AvgIpc) is 2.70. The van der Waals surface area contributed by atoms with Gasteiger partial charge in [0.2, 0.25) is 15.9 Å². The zero-order valence-corrected chi connectivity index (χ0v) is 17.8. The van der Waals surface area contributed by atoms with Crippen LogP contribution in [0.1, 0.15) is 11.1 Å². The second kappa shape index (κ2) is 8.94. The van der Waals surface area contributed by atoms with Crippen LogP contribution in [0.5, 0.6) is 5.75 Å². The average molecular weight is 418 g/mol. The van der Waals surface area contributed by atoms with Crippen LogP contribution in [0.3, 0.4) is 0 Å². The van der Waals surface area contributed by atoms with Gasteiger partial charge in [0.1, 0.15) is 5.75 Å². The summed E-state index contributed by atoms with van der Waals surface area (Å²) in [7, 11) is -0.176. The largest absolute Gasteiger partial charge is 0.495 e. The second-order valence-corrected chi connectivity index (χ2v) is 9.22. The van der Waals surface area contributed by atoms with Crippen LogP contribution in [0.4, 0.5) is 5.69 Å². The smallest absolute Gasteiger partial charge is 0.243 e. The predicted molar refractivity (Wildman–Crippen MR) is 113 cm³/mol. The Kier molecular flexibility index (Phi) is 6.56. The van der Waals surface area contributed by atoms with Crippen LogP contribution in [0, 0.1) is 6.92 Å². The number of nitrogens with zero attached hydrogens (tertiary/aromatic N) is 2. The molecular weight excluding hydrogens is 390 g/mol. The first-order valence-corrected chi connectivity index (χ1v) is 11.0. The number of carbonyl (C=O) groups excluding carboxylic acids is 1. The van der Waals surface area contributed by atoms with E-state index in [2.05, 4.69) is 10.2 Å². The minimum absolute atomic E-state index is 0.147. The van der Waals surface area contributed by atoms with Crippen molar-refractivity contribution in [1.29, 1.82) is 0 Å². The summed E-state index contributed by atoms with van der Waals surface area (Å²) < 4.78 is 32.8. The first-order chi connectivity index (χ1) is 13.8. The maximum atomic E-state index is 13.0. The number of aryl methyl sites for hydroxylation is 1. The quantitative estimate of drug-likeness (QED) is 0.779. The molecule has 0 unspecified atom stereocenters. The van der Waals surface area contributed by atoms with Gasteiger partial charge in [0.25, 0.3) is 0 Å². The van der Waals surface area contributed by atoms with Gasteiger partial charge in [-0.15, -0.1) is 0 Å². The predicted octanol–water partition coefficient (Wildman–Crippen LogP) is 2.12. The summed E-state index contributed by atoms with van der Waals surface area (Å²) in [6.07, 6.45) is 0.193. The van der Waals surface area contributed by atoms with E-state index in [4.69, 9.17) is 4.74 Å². The van der Waals surface area contributed by atoms with Crippen molar-refractivity contribution in [2.75, 3.05) is 45.7 Å². The first kappa shape index (κ1) is 21.3. The number of hydrogen-bond acceptors (Lipinski definition) is 5. The zero-order chi connectivity index (χ0) is 21.0. The summed E-state index contributed by atoms with van der Waals surface area (Å²) in [5, 5.41) is 2.79. The van der Waals surface area contributed by atoms with Crippen LogP contribution in [-0.2, 0) is 21.2 Å². The monoisotopic (exact) mass is 417 g/mol. The Balaban J connectivity index is 1.79. The van der Waals surface area contributed by atoms with Gasteiger partial charge >= 0.3 is 0 Å². The molecule has 0 aromatic heterocycles. The molecular formula is C21H27N3O4S. The van der Waals surface area contributed by atoms with E-state index in [1.807, 2.05) is 38.2 Å². The Morgan fingerprint density at radius 3 is 2.34 bits per heavy atom. The molecule has 7 nitrogen and oxygen atoms in total. The minimum Gasteiger partial charge on any atom is -0.495 e. The molecule has 1 amide bonds. The maximum Gasteiger partial charge on any atom is 0.243 e. The van der Waals surface area contributed by atoms with E-state index in [0.717, 1.165) is 11.1 Å². The second-order valence-electron chi connectivity index (χ2n) is 7.28. The van der Waals surface area contributed by atoms with Crippen LogP contribution < -0.4 is 10.1 Å². The molecule has 1 N–H and O–H groups in total. The highest BCUT2D eigenvalue weighted by atomic mass is 32.2. The van der Waals surface area contributed by atoms with Gasteiger partial charge < -0.3 is 15.0 Å². The maximum absolute atomic E-state index is 13.0. The molecule has 1 aliphatic heterocycles. The highest BCUT2D eigenvalue weighted by Gasteiger charge is 2.28. The highest BCUT2D eigenvalue weighted by Crippen LogP contribution is 2.29. The lowest BCUT2D eigenvalue weighted by atomic mass is 10.1. The molecule has 29 heavy (non-hydrogen) atoms. The summed E-state index contributed by atoms with van der Waals surface area (Å²) in [5.41, 5.74) is 2.35. The lowest BCUT2D eigenvalue weighted by molar-refractivity contribution is -0.115. The van der Waals surface area contributed by atoms with E-state index in [0.29, 0.717) is 37.6 Å². The van der Waals surface area contributed by atoms with Gasteiger partial charge in [0.15, 0.2) is 0 Å². The number of likely N-dealkylation sites (N-methyl/N-ethyl adjacent to an activating group) is 1. The molecule has 2 aromatic rings. The van der Waals surface area contributed by atoms with Crippen molar-refractivity contribution in [1.82, 2.24) is 9.21 Å². The van der Waals surface area contributed by atoms with Crippen molar-refractivity contribution in [2.24, 2.45) is 0 Å². The Bertz CT molecular complexity index is 966. The van der Waals surface area contributed by atoms with Gasteiger partial charge in [-0.1, -0.05) is 29.8 Å². The van der Waals surface area contributed by atoms with Crippen LogP contribution >= 0.6 is 0 Å². The molecule has 3 rings (SSSR count). The van der Waals surface area contributed by atoms with Gasteiger partial charge in [-0.05, 0) is 37.7 Å². The standard InChI is InChI=1S/C21H27N3O4S/c1-16-4-6-17(7-5-16)14-21(25)22-19-15-18(8-9-20(19)28-3)29(26,27)24-12-10-23(2)11-13-24/h4-9,15H,10-14H2,1-3H3,(H,22,25). The normalized spacial score (nSPS) is 15.8. The Morgan fingerprint density at radius 2 is 1.72 bits per heavy atom. The summed E-state index contributed by atoms with van der Waals surface area (Å²) in [5.74, 6) is 0.181. The number of anilines is 1. The fourth-order valence-corrected chi connectivity index (χ4v) is 4.66. The Labute approximate surface area is 172 Å². The van der Waals surface area contributed by atoms with Crippen LogP contribution in [0.2, 0.25) is 0 Å². The number of benzene rings is 2. The number of sulfonamides is 1. The molecule has 1 fully saturated rings. The number of amides is 1. The SMILES string of the molecule is COc1ccc(S(=O)(=O)N2CCN(C)CC2)cc1NC(=O)Cc1ccc(C)cc1. The zero-order valence-electron chi connectivity index (χ0n) is 17.0. The summed E-state index contributed by atoms with van der Waals surface area (Å²) in [4.78, 5) is 14.7. The van der Waals surface area contributed by atoms with Crippen molar-refractivity contribution in [3.8, 4) is 5.75 Å². The van der Waals surface area contributed by atoms with Crippen molar-refractivity contribution in [3.05, 3.63) is 53.6 Å². The lowest BCUT2D eigenvalue weighted by Gasteiger charge is -2.31. The molecule has 8 heteroatoms. The van der Waals surface area contributed by atoms with E-state index < -0.39 is 10.0 Å². The van der Waals surface area contributed by atoms with Gasteiger partial charge in [-0.3, -0.25) is 4.79 Å². The third-order valence-electron chi connectivity index (χ3n) is 5.03. The van der Waals surface area contributed by atoms with E-state index >= 15 is 0 Å². The third-order valence-corrected chi connectivity index (χ3v) is 6.92. The Hall–Kier alpha value is -2.42. The van der Waals surface area contributed by atoms with Gasteiger partial charge in [-0.2, -0.15) is 4.31 Å². The molecule has 0 bridgehead atoms. The first-order valence-electron chi connectivity index (χ1n) is 9.52. The lowest BCUT2D eigenvalue weighted by Crippen LogP contribution is -2.47. The molecule has 0 aliphatic carbocycles. The van der Waals surface area contributed by atoms with Gasteiger partial charge in [0.05, 0.1) is 24.1 Å². The van der Waals surface area contributed by atoms with E-state index in [1.54, 1.807) is 6.07 Å². The summed E-state index contributed by atoms with van der Waals surface area (Å²) in [6.45, 7) is 4.26. The van der Waals surface area contributed by atoms with E-state index in [1.165, 1.54) is 23.5 Å². The van der Waals surface area contributed by atoms with Crippen molar-refractivity contribution in [3.63, 3.8) is 0 Å². The molecule has 0 atom stereocenters. The topological polar surface area (TPSA) is 79.0 Å².